The first kappa shape index (κ1) is 13.6. The maximum Gasteiger partial charge on any atom is 0.258 e. The van der Waals surface area contributed by atoms with Crippen LogP contribution < -0.4 is 5.32 Å². The first-order chi connectivity index (χ1) is 8.97. The summed E-state index contributed by atoms with van der Waals surface area (Å²) < 4.78 is 13.6. The molecule has 1 amide bonds. The predicted molar refractivity (Wildman–Crippen MR) is 75.3 cm³/mol. The average Bonchev–Trinajstić information content (AvgIpc) is 2.36. The van der Waals surface area contributed by atoms with Gasteiger partial charge in [-0.2, -0.15) is 0 Å². The molecule has 0 aliphatic rings. The zero-order chi connectivity index (χ0) is 14.0. The minimum Gasteiger partial charge on any atom is -0.321 e. The highest BCUT2D eigenvalue weighted by Crippen LogP contribution is 2.23. The summed E-state index contributed by atoms with van der Waals surface area (Å²) in [6.07, 6.45) is 0. The summed E-state index contributed by atoms with van der Waals surface area (Å²) in [5.74, 6) is -1.06. The summed E-state index contributed by atoms with van der Waals surface area (Å²) in [4.78, 5) is 12.0. The van der Waals surface area contributed by atoms with Crippen LogP contribution in [0.4, 0.5) is 10.1 Å². The van der Waals surface area contributed by atoms with Crippen LogP contribution in [-0.4, -0.2) is 5.91 Å². The number of benzene rings is 2. The van der Waals surface area contributed by atoms with Gasteiger partial charge in [-0.05, 0) is 43.7 Å². The Morgan fingerprint density at radius 3 is 2.47 bits per heavy atom. The second-order valence-corrected chi connectivity index (χ2v) is 4.83. The molecule has 0 radical (unpaired) electrons. The van der Waals surface area contributed by atoms with Crippen LogP contribution in [0.5, 0.6) is 0 Å². The zero-order valence-electron chi connectivity index (χ0n) is 10.6. The monoisotopic (exact) mass is 277 g/mol. The Bertz CT molecular complexity index is 640. The molecule has 98 valence electrons. The molecule has 0 fully saturated rings. The summed E-state index contributed by atoms with van der Waals surface area (Å²) >= 11 is 5.99. The lowest BCUT2D eigenvalue weighted by atomic mass is 10.1. The van der Waals surface area contributed by atoms with Gasteiger partial charge in [0.05, 0.1) is 16.3 Å². The van der Waals surface area contributed by atoms with Gasteiger partial charge in [-0.1, -0.05) is 29.3 Å². The third kappa shape index (κ3) is 3.12. The normalized spacial score (nSPS) is 10.3. The van der Waals surface area contributed by atoms with E-state index in [0.717, 1.165) is 11.1 Å². The number of carbonyl (C=O) groups excluding carboxylic acids is 1. The number of anilines is 1. The number of hydrogen-bond acceptors (Lipinski definition) is 1. The Kier molecular flexibility index (Phi) is 3.86. The number of aryl methyl sites for hydroxylation is 2. The summed E-state index contributed by atoms with van der Waals surface area (Å²) in [6, 6.07) is 9.68. The van der Waals surface area contributed by atoms with Gasteiger partial charge in [-0.15, -0.1) is 0 Å². The largest absolute Gasteiger partial charge is 0.321 e. The van der Waals surface area contributed by atoms with Crippen molar-refractivity contribution >= 4 is 23.2 Å². The van der Waals surface area contributed by atoms with Gasteiger partial charge in [-0.3, -0.25) is 4.79 Å². The van der Waals surface area contributed by atoms with E-state index in [0.29, 0.717) is 10.7 Å². The fourth-order valence-corrected chi connectivity index (χ4v) is 1.90. The van der Waals surface area contributed by atoms with Gasteiger partial charge in [0.2, 0.25) is 0 Å². The van der Waals surface area contributed by atoms with Gasteiger partial charge < -0.3 is 5.32 Å². The molecule has 19 heavy (non-hydrogen) atoms. The van der Waals surface area contributed by atoms with Crippen molar-refractivity contribution in [3.8, 4) is 0 Å². The zero-order valence-corrected chi connectivity index (χ0v) is 11.4. The minimum absolute atomic E-state index is 0.0116. The molecule has 0 spiro atoms. The summed E-state index contributed by atoms with van der Waals surface area (Å²) in [7, 11) is 0. The average molecular weight is 278 g/mol. The third-order valence-corrected chi connectivity index (χ3v) is 3.07. The first-order valence-corrected chi connectivity index (χ1v) is 6.19. The number of rotatable bonds is 2. The quantitative estimate of drug-likeness (QED) is 0.869. The van der Waals surface area contributed by atoms with Crippen molar-refractivity contribution in [2.75, 3.05) is 5.32 Å². The molecular formula is C15H13ClFNO. The van der Waals surface area contributed by atoms with Gasteiger partial charge in [-0.25, -0.2) is 4.39 Å². The van der Waals surface area contributed by atoms with Crippen LogP contribution in [0.3, 0.4) is 0 Å². The fourth-order valence-electron chi connectivity index (χ4n) is 1.74. The summed E-state index contributed by atoms with van der Waals surface area (Å²) in [5, 5.41) is 3.05. The van der Waals surface area contributed by atoms with Crippen LogP contribution in [0.1, 0.15) is 21.5 Å². The molecule has 0 aliphatic heterocycles. The SMILES string of the molecule is Cc1ccc(Cl)c(NC(=O)c2cc(C)ccc2F)c1. The Labute approximate surface area is 116 Å². The molecule has 2 rings (SSSR count). The van der Waals surface area contributed by atoms with Gasteiger partial charge in [0, 0.05) is 0 Å². The van der Waals surface area contributed by atoms with Crippen LogP contribution in [0.25, 0.3) is 0 Å². The molecule has 0 aromatic heterocycles. The number of carbonyl (C=O) groups is 1. The van der Waals surface area contributed by atoms with Crippen molar-refractivity contribution in [2.45, 2.75) is 13.8 Å². The lowest BCUT2D eigenvalue weighted by Crippen LogP contribution is -2.14. The Morgan fingerprint density at radius 1 is 1.11 bits per heavy atom. The van der Waals surface area contributed by atoms with Crippen LogP contribution >= 0.6 is 11.6 Å². The lowest BCUT2D eigenvalue weighted by Gasteiger charge is -2.09. The van der Waals surface area contributed by atoms with E-state index in [9.17, 15) is 9.18 Å². The second-order valence-electron chi connectivity index (χ2n) is 4.42. The van der Waals surface area contributed by atoms with Crippen molar-refractivity contribution in [2.24, 2.45) is 0 Å². The highest BCUT2D eigenvalue weighted by Gasteiger charge is 2.13. The molecule has 0 saturated heterocycles. The topological polar surface area (TPSA) is 29.1 Å². The molecular weight excluding hydrogens is 265 g/mol. The molecule has 0 bridgehead atoms. The number of halogens is 2. The van der Waals surface area contributed by atoms with Crippen molar-refractivity contribution < 1.29 is 9.18 Å². The van der Waals surface area contributed by atoms with Crippen LogP contribution in [0.2, 0.25) is 5.02 Å². The molecule has 4 heteroatoms. The Morgan fingerprint density at radius 2 is 1.74 bits per heavy atom. The predicted octanol–water partition coefficient (Wildman–Crippen LogP) is 4.35. The molecule has 0 aliphatic carbocycles. The van der Waals surface area contributed by atoms with E-state index in [1.165, 1.54) is 12.1 Å². The van der Waals surface area contributed by atoms with Gasteiger partial charge in [0.25, 0.3) is 5.91 Å². The molecule has 0 atom stereocenters. The maximum absolute atomic E-state index is 13.6. The van der Waals surface area contributed by atoms with Gasteiger partial charge in [0.15, 0.2) is 0 Å². The summed E-state index contributed by atoms with van der Waals surface area (Å²) in [5.41, 5.74) is 2.27. The molecule has 0 unspecified atom stereocenters. The number of amides is 1. The highest BCUT2D eigenvalue weighted by molar-refractivity contribution is 6.34. The fraction of sp³-hybridized carbons (Fsp3) is 0.133. The molecule has 0 saturated carbocycles. The van der Waals surface area contributed by atoms with Crippen LogP contribution in [0.15, 0.2) is 36.4 Å². The van der Waals surface area contributed by atoms with Crippen molar-refractivity contribution in [3.05, 3.63) is 63.9 Å². The van der Waals surface area contributed by atoms with E-state index in [1.807, 2.05) is 13.0 Å². The standard InChI is InChI=1S/C15H13ClFNO/c1-9-4-6-13(17)11(7-9)15(19)18-14-8-10(2)3-5-12(14)16/h3-8H,1-2H3,(H,18,19). The Balaban J connectivity index is 2.30. The smallest absolute Gasteiger partial charge is 0.258 e. The third-order valence-electron chi connectivity index (χ3n) is 2.74. The lowest BCUT2D eigenvalue weighted by molar-refractivity contribution is 0.102. The molecule has 0 heterocycles. The highest BCUT2D eigenvalue weighted by atomic mass is 35.5. The van der Waals surface area contributed by atoms with Crippen LogP contribution in [-0.2, 0) is 0 Å². The second kappa shape index (κ2) is 5.41. The first-order valence-electron chi connectivity index (χ1n) is 5.81. The molecule has 2 nitrogen and oxygen atoms in total. The number of nitrogens with one attached hydrogen (secondary N) is 1. The van der Waals surface area contributed by atoms with Gasteiger partial charge in [0.1, 0.15) is 5.82 Å². The summed E-state index contributed by atoms with van der Waals surface area (Å²) in [6.45, 7) is 3.69. The van der Waals surface area contributed by atoms with Gasteiger partial charge >= 0.3 is 0 Å². The van der Waals surface area contributed by atoms with Crippen molar-refractivity contribution in [1.29, 1.82) is 0 Å². The Hall–Kier alpha value is -1.87. The van der Waals surface area contributed by atoms with Crippen molar-refractivity contribution in [1.82, 2.24) is 0 Å². The minimum atomic E-state index is -0.549. The van der Waals surface area contributed by atoms with E-state index >= 15 is 0 Å². The molecule has 2 aromatic carbocycles. The maximum atomic E-state index is 13.6. The van der Waals surface area contributed by atoms with E-state index in [4.69, 9.17) is 11.6 Å². The number of hydrogen-bond donors (Lipinski definition) is 1. The van der Waals surface area contributed by atoms with E-state index in [-0.39, 0.29) is 5.56 Å². The molecule has 2 aromatic rings. The van der Waals surface area contributed by atoms with E-state index < -0.39 is 11.7 Å². The molecule has 1 N–H and O–H groups in total. The van der Waals surface area contributed by atoms with Crippen LogP contribution in [0, 0.1) is 19.7 Å². The van der Waals surface area contributed by atoms with Crippen molar-refractivity contribution in [3.63, 3.8) is 0 Å². The van der Waals surface area contributed by atoms with E-state index in [2.05, 4.69) is 5.32 Å². The van der Waals surface area contributed by atoms with E-state index in [1.54, 1.807) is 25.1 Å².